The van der Waals surface area contributed by atoms with Gasteiger partial charge in [0.05, 0.1) is 5.56 Å². The molecule has 1 fully saturated rings. The predicted octanol–water partition coefficient (Wildman–Crippen LogP) is 1.93. The SMILES string of the molecule is COCCC1(c2noc(-c3cccnc3)n2)CCN(C(=O)Cn2cccn2)CC1. The molecule has 4 rings (SSSR count). The van der Waals surface area contributed by atoms with Crippen LogP contribution in [-0.2, 0) is 21.5 Å². The lowest BCUT2D eigenvalue weighted by Crippen LogP contribution is -2.47. The minimum Gasteiger partial charge on any atom is -0.385 e. The van der Waals surface area contributed by atoms with Crippen molar-refractivity contribution < 1.29 is 14.1 Å². The molecule has 1 amide bonds. The molecular weight excluding hydrogens is 372 g/mol. The van der Waals surface area contributed by atoms with Crippen molar-refractivity contribution >= 4 is 5.91 Å². The maximum atomic E-state index is 12.6. The van der Waals surface area contributed by atoms with E-state index in [1.807, 2.05) is 23.1 Å². The Kier molecular flexibility index (Phi) is 5.66. The minimum atomic E-state index is -0.275. The zero-order chi connectivity index (χ0) is 20.1. The minimum absolute atomic E-state index is 0.0678. The van der Waals surface area contributed by atoms with E-state index in [1.165, 1.54) is 0 Å². The van der Waals surface area contributed by atoms with Crippen LogP contribution >= 0.6 is 0 Å². The molecule has 3 aromatic heterocycles. The fraction of sp³-hybridized carbons (Fsp3) is 0.450. The highest BCUT2D eigenvalue weighted by Gasteiger charge is 2.41. The molecule has 0 bridgehead atoms. The normalized spacial score (nSPS) is 16.1. The van der Waals surface area contributed by atoms with Gasteiger partial charge in [-0.1, -0.05) is 5.16 Å². The number of carbonyl (C=O) groups excluding carboxylic acids is 1. The highest BCUT2D eigenvalue weighted by molar-refractivity contribution is 5.76. The largest absolute Gasteiger partial charge is 0.385 e. The second-order valence-corrected chi connectivity index (χ2v) is 7.27. The molecule has 1 aliphatic heterocycles. The van der Waals surface area contributed by atoms with Gasteiger partial charge in [-0.3, -0.25) is 14.5 Å². The van der Waals surface area contributed by atoms with Crippen LogP contribution in [0.25, 0.3) is 11.5 Å². The van der Waals surface area contributed by atoms with Crippen molar-refractivity contribution in [3.8, 4) is 11.5 Å². The second-order valence-electron chi connectivity index (χ2n) is 7.27. The number of hydrogen-bond acceptors (Lipinski definition) is 7. The van der Waals surface area contributed by atoms with E-state index in [2.05, 4.69) is 20.2 Å². The van der Waals surface area contributed by atoms with E-state index in [0.29, 0.717) is 31.4 Å². The summed E-state index contributed by atoms with van der Waals surface area (Å²) >= 11 is 0. The molecule has 1 aliphatic rings. The molecule has 9 nitrogen and oxygen atoms in total. The van der Waals surface area contributed by atoms with Crippen LogP contribution in [0.15, 0.2) is 47.5 Å². The molecular formula is C20H24N6O3. The Labute approximate surface area is 168 Å². The molecule has 0 radical (unpaired) electrons. The molecule has 0 spiro atoms. The lowest BCUT2D eigenvalue weighted by molar-refractivity contribution is -0.133. The molecule has 0 N–H and O–H groups in total. The van der Waals surface area contributed by atoms with Gasteiger partial charge in [-0.15, -0.1) is 0 Å². The molecule has 9 heteroatoms. The van der Waals surface area contributed by atoms with Crippen LogP contribution in [0.1, 0.15) is 25.1 Å². The number of likely N-dealkylation sites (tertiary alicyclic amines) is 1. The van der Waals surface area contributed by atoms with Crippen molar-refractivity contribution in [1.29, 1.82) is 0 Å². The quantitative estimate of drug-likeness (QED) is 0.602. The fourth-order valence-corrected chi connectivity index (χ4v) is 3.74. The molecule has 29 heavy (non-hydrogen) atoms. The van der Waals surface area contributed by atoms with Gasteiger partial charge in [-0.05, 0) is 37.5 Å². The fourth-order valence-electron chi connectivity index (χ4n) is 3.74. The Morgan fingerprint density at radius 3 is 2.83 bits per heavy atom. The third-order valence-electron chi connectivity index (χ3n) is 5.52. The zero-order valence-electron chi connectivity index (χ0n) is 16.4. The van der Waals surface area contributed by atoms with Crippen molar-refractivity contribution in [3.05, 3.63) is 48.8 Å². The molecule has 4 heterocycles. The van der Waals surface area contributed by atoms with E-state index in [1.54, 1.807) is 36.6 Å². The summed E-state index contributed by atoms with van der Waals surface area (Å²) in [5, 5.41) is 8.40. The molecule has 0 aromatic carbocycles. The Morgan fingerprint density at radius 1 is 1.28 bits per heavy atom. The van der Waals surface area contributed by atoms with E-state index >= 15 is 0 Å². The summed E-state index contributed by atoms with van der Waals surface area (Å²) in [6, 6.07) is 5.54. The first-order valence-corrected chi connectivity index (χ1v) is 9.69. The highest BCUT2D eigenvalue weighted by Crippen LogP contribution is 2.38. The third-order valence-corrected chi connectivity index (χ3v) is 5.52. The number of methoxy groups -OCH3 is 1. The number of aromatic nitrogens is 5. The van der Waals surface area contributed by atoms with E-state index in [0.717, 1.165) is 24.8 Å². The van der Waals surface area contributed by atoms with Crippen molar-refractivity contribution in [1.82, 2.24) is 29.8 Å². The molecule has 1 saturated heterocycles. The Bertz CT molecular complexity index is 917. The van der Waals surface area contributed by atoms with Gasteiger partial charge < -0.3 is 14.2 Å². The van der Waals surface area contributed by atoms with Gasteiger partial charge >= 0.3 is 0 Å². The number of hydrogen-bond donors (Lipinski definition) is 0. The van der Waals surface area contributed by atoms with Crippen molar-refractivity contribution in [2.24, 2.45) is 0 Å². The first-order valence-electron chi connectivity index (χ1n) is 9.69. The Morgan fingerprint density at radius 2 is 2.14 bits per heavy atom. The maximum Gasteiger partial charge on any atom is 0.259 e. The number of ether oxygens (including phenoxy) is 1. The topological polar surface area (TPSA) is 99.2 Å². The molecule has 0 aliphatic carbocycles. The van der Waals surface area contributed by atoms with E-state index in [9.17, 15) is 4.79 Å². The number of piperidine rings is 1. The van der Waals surface area contributed by atoms with E-state index in [-0.39, 0.29) is 17.9 Å². The summed E-state index contributed by atoms with van der Waals surface area (Å²) < 4.78 is 12.5. The van der Waals surface area contributed by atoms with Crippen LogP contribution in [-0.4, -0.2) is 62.5 Å². The molecule has 0 saturated carbocycles. The van der Waals surface area contributed by atoms with Gasteiger partial charge in [0.2, 0.25) is 5.91 Å². The number of amides is 1. The van der Waals surface area contributed by atoms with Crippen molar-refractivity contribution in [2.75, 3.05) is 26.8 Å². The first-order chi connectivity index (χ1) is 14.2. The monoisotopic (exact) mass is 396 g/mol. The maximum absolute atomic E-state index is 12.6. The van der Waals surface area contributed by atoms with E-state index < -0.39 is 0 Å². The number of pyridine rings is 1. The summed E-state index contributed by atoms with van der Waals surface area (Å²) in [5.74, 6) is 1.20. The smallest absolute Gasteiger partial charge is 0.259 e. The van der Waals surface area contributed by atoms with Crippen LogP contribution < -0.4 is 0 Å². The third kappa shape index (κ3) is 4.19. The summed E-state index contributed by atoms with van der Waals surface area (Å²) in [6.45, 7) is 2.13. The molecule has 152 valence electrons. The van der Waals surface area contributed by atoms with Crippen molar-refractivity contribution in [3.63, 3.8) is 0 Å². The standard InChI is InChI=1S/C20H24N6O3/c1-28-13-7-20(19-23-18(29-24-19)16-4-2-8-21-14-16)5-11-25(12-6-20)17(27)15-26-10-3-9-22-26/h2-4,8-10,14H,5-7,11-13,15H2,1H3. The predicted molar refractivity (Wildman–Crippen MR) is 104 cm³/mol. The molecule has 0 unspecified atom stereocenters. The number of carbonyl (C=O) groups is 1. The van der Waals surface area contributed by atoms with Crippen molar-refractivity contribution in [2.45, 2.75) is 31.2 Å². The Balaban J connectivity index is 1.48. The first kappa shape index (κ1) is 19.3. The highest BCUT2D eigenvalue weighted by atomic mass is 16.5. The van der Waals surface area contributed by atoms with Crippen LogP contribution in [0.2, 0.25) is 0 Å². The number of nitrogens with zero attached hydrogens (tertiary/aromatic N) is 6. The lowest BCUT2D eigenvalue weighted by atomic mass is 9.75. The van der Waals surface area contributed by atoms with E-state index in [4.69, 9.17) is 9.26 Å². The van der Waals surface area contributed by atoms with Crippen LogP contribution in [0.3, 0.4) is 0 Å². The van der Waals surface area contributed by atoms with Gasteiger partial charge in [0, 0.05) is 57.0 Å². The zero-order valence-corrected chi connectivity index (χ0v) is 16.4. The van der Waals surface area contributed by atoms with Gasteiger partial charge in [0.1, 0.15) is 6.54 Å². The van der Waals surface area contributed by atoms with Gasteiger partial charge in [0.25, 0.3) is 5.89 Å². The van der Waals surface area contributed by atoms with Gasteiger partial charge in [-0.2, -0.15) is 10.1 Å². The second kappa shape index (κ2) is 8.52. The van der Waals surface area contributed by atoms with Crippen LogP contribution in [0.5, 0.6) is 0 Å². The van der Waals surface area contributed by atoms with Gasteiger partial charge in [0.15, 0.2) is 5.82 Å². The summed E-state index contributed by atoms with van der Waals surface area (Å²) in [7, 11) is 1.69. The Hall–Kier alpha value is -3.07. The van der Waals surface area contributed by atoms with Crippen LogP contribution in [0.4, 0.5) is 0 Å². The lowest BCUT2D eigenvalue weighted by Gasteiger charge is -2.39. The summed E-state index contributed by atoms with van der Waals surface area (Å²) in [4.78, 5) is 23.3. The van der Waals surface area contributed by atoms with Crippen LogP contribution in [0, 0.1) is 0 Å². The summed E-state index contributed by atoms with van der Waals surface area (Å²) in [6.07, 6.45) is 9.17. The molecule has 3 aromatic rings. The average molecular weight is 396 g/mol. The number of rotatable bonds is 7. The molecule has 0 atom stereocenters. The van der Waals surface area contributed by atoms with Gasteiger partial charge in [-0.25, -0.2) is 0 Å². The summed E-state index contributed by atoms with van der Waals surface area (Å²) in [5.41, 5.74) is 0.516. The average Bonchev–Trinajstić information content (AvgIpc) is 3.46.